The summed E-state index contributed by atoms with van der Waals surface area (Å²) in [6.07, 6.45) is 17.8. The summed E-state index contributed by atoms with van der Waals surface area (Å²) in [6.45, 7) is 3.94. The smallest absolute Gasteiger partial charge is 0.349 e. The number of aromatic nitrogens is 5. The van der Waals surface area contributed by atoms with Crippen LogP contribution in [-0.4, -0.2) is 44.8 Å². The van der Waals surface area contributed by atoms with Crippen LogP contribution in [0.2, 0.25) is 0 Å². The molecule has 1 aliphatic carbocycles. The van der Waals surface area contributed by atoms with Gasteiger partial charge in [0.25, 0.3) is 5.91 Å². The van der Waals surface area contributed by atoms with Gasteiger partial charge in [-0.2, -0.15) is 5.10 Å². The third kappa shape index (κ3) is 4.76. The van der Waals surface area contributed by atoms with Crippen LogP contribution in [0, 0.1) is 0 Å². The van der Waals surface area contributed by atoms with Crippen molar-refractivity contribution in [3.8, 4) is 22.3 Å². The minimum Gasteiger partial charge on any atom is -0.349 e. The van der Waals surface area contributed by atoms with Gasteiger partial charge in [0.05, 0.1) is 28.4 Å². The van der Waals surface area contributed by atoms with Crippen LogP contribution in [0.4, 0.5) is 0 Å². The molecule has 4 aromatic rings. The van der Waals surface area contributed by atoms with Gasteiger partial charge in [-0.25, -0.2) is 5.10 Å². The predicted molar refractivity (Wildman–Crippen MR) is 134 cm³/mol. The molecule has 0 atom stereocenters. The first-order valence-electron chi connectivity index (χ1n) is 12.2. The van der Waals surface area contributed by atoms with Crippen molar-refractivity contribution in [2.75, 3.05) is 13.1 Å². The first-order chi connectivity index (χ1) is 16.7. The van der Waals surface area contributed by atoms with Crippen LogP contribution in [0.25, 0.3) is 27.9 Å². The summed E-state index contributed by atoms with van der Waals surface area (Å²) in [5.74, 6) is 0.000538. The number of thiophene rings is 1. The summed E-state index contributed by atoms with van der Waals surface area (Å²) >= 11 is 1.48. The Morgan fingerprint density at radius 3 is 2.85 bits per heavy atom. The lowest BCUT2D eigenvalue weighted by Gasteiger charge is -2.31. The highest BCUT2D eigenvalue weighted by Crippen LogP contribution is 2.30. The molecule has 9 heteroatoms. The number of H-pyrrole nitrogens is 2. The standard InChI is InChI=1S/C25H31N7OS/c1-2-3-6-9-28-25(7-4-5-8-25)17-27-24(33)22-10-18(16-34-22)21-14-31-32-15-20(11-26-23(21)32)19-12-29-30-13-19/h10-16,28H,2-9,17H2,1H3,(H2,27,29,30,33)/p+1. The maximum atomic E-state index is 13.0. The van der Waals surface area contributed by atoms with Crippen molar-refractivity contribution >= 4 is 22.9 Å². The van der Waals surface area contributed by atoms with Crippen molar-refractivity contribution in [3.05, 3.63) is 47.3 Å². The minimum absolute atomic E-state index is 0.000538. The minimum atomic E-state index is 0.000538. The van der Waals surface area contributed by atoms with E-state index in [4.69, 9.17) is 0 Å². The lowest BCUT2D eigenvalue weighted by Crippen LogP contribution is -2.51. The largest absolute Gasteiger partial charge is 0.355 e. The summed E-state index contributed by atoms with van der Waals surface area (Å²) in [7, 11) is 0. The summed E-state index contributed by atoms with van der Waals surface area (Å²) < 4.78 is 1.89. The van der Waals surface area contributed by atoms with E-state index < -0.39 is 0 Å². The molecule has 1 amide bonds. The zero-order valence-electron chi connectivity index (χ0n) is 19.6. The molecular weight excluding hydrogens is 446 g/mol. The molecule has 8 nitrogen and oxygen atoms in total. The van der Waals surface area contributed by atoms with Crippen molar-refractivity contribution in [1.82, 2.24) is 30.9 Å². The fourth-order valence-corrected chi connectivity index (χ4v) is 5.65. The zero-order chi connectivity index (χ0) is 23.4. The number of hydrogen-bond acceptors (Lipinski definition) is 5. The van der Waals surface area contributed by atoms with E-state index >= 15 is 0 Å². The van der Waals surface area contributed by atoms with Crippen molar-refractivity contribution in [2.24, 2.45) is 0 Å². The van der Waals surface area contributed by atoms with E-state index in [0.717, 1.165) is 52.2 Å². The van der Waals surface area contributed by atoms with Crippen LogP contribution >= 0.6 is 11.3 Å². The number of fused-ring (bicyclic) bond motifs is 1. The van der Waals surface area contributed by atoms with Gasteiger partial charge in [-0.3, -0.25) is 9.89 Å². The number of carbonyl (C=O) groups is 1. The van der Waals surface area contributed by atoms with Gasteiger partial charge in [-0.15, -0.1) is 15.9 Å². The fraction of sp³-hybridized carbons (Fsp3) is 0.440. The summed E-state index contributed by atoms with van der Waals surface area (Å²) in [4.78, 5) is 18.4. The van der Waals surface area contributed by atoms with Crippen molar-refractivity contribution < 1.29 is 9.31 Å². The molecule has 1 aliphatic rings. The van der Waals surface area contributed by atoms with Crippen LogP contribution in [0.1, 0.15) is 61.5 Å². The first kappa shape index (κ1) is 22.7. The molecule has 34 heavy (non-hydrogen) atoms. The van der Waals surface area contributed by atoms with Gasteiger partial charge in [0.1, 0.15) is 6.20 Å². The molecule has 0 radical (unpaired) electrons. The van der Waals surface area contributed by atoms with Crippen LogP contribution in [0.5, 0.6) is 0 Å². The van der Waals surface area contributed by atoms with E-state index in [2.05, 4.69) is 37.8 Å². The van der Waals surface area contributed by atoms with Crippen molar-refractivity contribution in [3.63, 3.8) is 0 Å². The summed E-state index contributed by atoms with van der Waals surface area (Å²) in [5.41, 5.74) is 4.78. The van der Waals surface area contributed by atoms with Crippen LogP contribution in [0.15, 0.2) is 42.4 Å². The second-order valence-electron chi connectivity index (χ2n) is 9.21. The molecular formula is C25H32N7OS+. The number of amides is 1. The zero-order valence-corrected chi connectivity index (χ0v) is 20.4. The third-order valence-corrected chi connectivity index (χ3v) is 7.73. The van der Waals surface area contributed by atoms with Gasteiger partial charge < -0.3 is 10.6 Å². The first-order valence-corrected chi connectivity index (χ1v) is 13.1. The van der Waals surface area contributed by atoms with Crippen LogP contribution < -0.4 is 15.1 Å². The fourth-order valence-electron chi connectivity index (χ4n) is 4.82. The quantitative estimate of drug-likeness (QED) is 0.204. The molecule has 4 N–H and O–H groups in total. The molecule has 5 rings (SSSR count). The molecule has 4 aromatic heterocycles. The van der Waals surface area contributed by atoms with Gasteiger partial charge in [0.2, 0.25) is 0 Å². The number of carbonyl (C=O) groups excluding carboxylic acids is 1. The Kier molecular flexibility index (Phi) is 6.73. The number of unbranched alkanes of at least 4 members (excludes halogenated alkanes) is 2. The lowest BCUT2D eigenvalue weighted by atomic mass is 9.97. The molecule has 178 valence electrons. The molecule has 0 aromatic carbocycles. The van der Waals surface area contributed by atoms with E-state index in [0.29, 0.717) is 6.54 Å². The number of nitrogens with one attached hydrogen (secondary N) is 4. The van der Waals surface area contributed by atoms with Crippen molar-refractivity contribution in [2.45, 2.75) is 57.4 Å². The van der Waals surface area contributed by atoms with Gasteiger partial charge in [0, 0.05) is 29.4 Å². The number of hydrogen-bond donors (Lipinski definition) is 4. The molecule has 0 saturated heterocycles. The van der Waals surface area contributed by atoms with Crippen LogP contribution in [-0.2, 0) is 0 Å². The van der Waals surface area contributed by atoms with Gasteiger partial charge in [-0.05, 0) is 42.2 Å². The van der Waals surface area contributed by atoms with E-state index in [9.17, 15) is 4.79 Å². The Hall–Kier alpha value is -3.04. The Labute approximate surface area is 203 Å². The molecule has 0 aliphatic heterocycles. The highest BCUT2D eigenvalue weighted by molar-refractivity contribution is 7.12. The van der Waals surface area contributed by atoms with Gasteiger partial charge in [-0.1, -0.05) is 32.6 Å². The SMILES string of the molecule is CCCCCNC1(CNC(=O)c2cc(-c3c[nH][n+]4cc(-c5cn[nH]c5)cnc34)cs2)CCCC1. The number of rotatable bonds is 10. The second kappa shape index (κ2) is 10.1. The molecule has 1 saturated carbocycles. The lowest BCUT2D eigenvalue weighted by molar-refractivity contribution is -0.578. The maximum absolute atomic E-state index is 13.0. The highest BCUT2D eigenvalue weighted by Gasteiger charge is 2.33. The Bertz CT molecular complexity index is 1240. The second-order valence-corrected chi connectivity index (χ2v) is 10.1. The summed E-state index contributed by atoms with van der Waals surface area (Å²) in [5, 5.41) is 19.1. The Balaban J connectivity index is 1.26. The molecule has 0 unspecified atom stereocenters. The number of nitrogens with zero attached hydrogens (tertiary/aromatic N) is 3. The van der Waals surface area contributed by atoms with E-state index in [1.807, 2.05) is 40.7 Å². The topological polar surface area (TPSA) is 103 Å². The molecule has 4 heterocycles. The molecule has 1 fully saturated rings. The van der Waals surface area contributed by atoms with Crippen LogP contribution in [0.3, 0.4) is 0 Å². The Morgan fingerprint density at radius 1 is 1.18 bits per heavy atom. The molecule has 0 bridgehead atoms. The van der Waals surface area contributed by atoms with Crippen molar-refractivity contribution in [1.29, 1.82) is 0 Å². The average Bonchev–Trinajstić information content (AvgIpc) is 3.67. The molecule has 0 spiro atoms. The monoisotopic (exact) mass is 478 g/mol. The van der Waals surface area contributed by atoms with E-state index in [-0.39, 0.29) is 11.4 Å². The highest BCUT2D eigenvalue weighted by atomic mass is 32.1. The normalized spacial score (nSPS) is 15.2. The van der Waals surface area contributed by atoms with E-state index in [1.54, 1.807) is 6.20 Å². The maximum Gasteiger partial charge on any atom is 0.355 e. The predicted octanol–water partition coefficient (Wildman–Crippen LogP) is 4.09. The average molecular weight is 479 g/mol. The summed E-state index contributed by atoms with van der Waals surface area (Å²) in [6, 6.07) is 1.96. The Morgan fingerprint density at radius 2 is 2.06 bits per heavy atom. The number of aromatic amines is 2. The van der Waals surface area contributed by atoms with E-state index in [1.165, 1.54) is 43.4 Å². The van der Waals surface area contributed by atoms with Gasteiger partial charge in [0.15, 0.2) is 6.20 Å². The third-order valence-electron chi connectivity index (χ3n) is 6.81. The van der Waals surface area contributed by atoms with Gasteiger partial charge >= 0.3 is 5.65 Å².